The lowest BCUT2D eigenvalue weighted by Crippen LogP contribution is -2.44. The summed E-state index contributed by atoms with van der Waals surface area (Å²) < 4.78 is 13.9. The third-order valence-electron chi connectivity index (χ3n) is 5.17. The van der Waals surface area contributed by atoms with Gasteiger partial charge in [-0.25, -0.2) is 4.98 Å². The molecule has 0 bridgehead atoms. The number of rotatable bonds is 5. The normalized spacial score (nSPS) is 23.7. The highest BCUT2D eigenvalue weighted by molar-refractivity contribution is 5.76. The number of likely N-dealkylation sites (tertiary alicyclic amines) is 1. The first-order valence-electron chi connectivity index (χ1n) is 8.62. The molecular formula is C17H28N4O3. The van der Waals surface area contributed by atoms with E-state index in [1.165, 1.54) is 0 Å². The maximum atomic E-state index is 11.6. The van der Waals surface area contributed by atoms with Crippen molar-refractivity contribution in [3.63, 3.8) is 0 Å². The van der Waals surface area contributed by atoms with Crippen molar-refractivity contribution in [1.29, 1.82) is 0 Å². The minimum Gasteiger partial charge on any atom is -0.372 e. The molecule has 7 nitrogen and oxygen atoms in total. The lowest BCUT2D eigenvalue weighted by Gasteiger charge is -2.38. The summed E-state index contributed by atoms with van der Waals surface area (Å²) in [5.74, 6) is 1.10. The summed E-state index contributed by atoms with van der Waals surface area (Å²) in [5.41, 5.74) is -0.0655. The van der Waals surface area contributed by atoms with Crippen LogP contribution in [0.1, 0.15) is 25.1 Å². The van der Waals surface area contributed by atoms with Crippen LogP contribution >= 0.6 is 0 Å². The van der Waals surface area contributed by atoms with Crippen LogP contribution in [0.2, 0.25) is 0 Å². The van der Waals surface area contributed by atoms with Gasteiger partial charge >= 0.3 is 0 Å². The first-order chi connectivity index (χ1) is 11.5. The summed E-state index contributed by atoms with van der Waals surface area (Å²) in [4.78, 5) is 20.0. The standard InChI is InChI=1S/C17H28N4O3/c1-19(2)16(22)13-23-14-10-17(24-12-14)4-7-21(8-5-17)11-15-18-6-9-20(15)3/h6,9,14H,4-5,7-8,10-13H2,1-3H3/t14-/m1/s1. The van der Waals surface area contributed by atoms with Gasteiger partial charge in [0.05, 0.1) is 24.9 Å². The summed E-state index contributed by atoms with van der Waals surface area (Å²) in [5, 5.41) is 0. The molecule has 0 aliphatic carbocycles. The van der Waals surface area contributed by atoms with Crippen LogP contribution < -0.4 is 0 Å². The summed E-state index contributed by atoms with van der Waals surface area (Å²) in [7, 11) is 5.52. The fraction of sp³-hybridized carbons (Fsp3) is 0.765. The maximum Gasteiger partial charge on any atom is 0.248 e. The minimum absolute atomic E-state index is 0.000775. The van der Waals surface area contributed by atoms with E-state index in [1.807, 2.05) is 19.4 Å². The number of hydrogen-bond donors (Lipinski definition) is 0. The van der Waals surface area contributed by atoms with E-state index in [2.05, 4.69) is 14.5 Å². The summed E-state index contributed by atoms with van der Waals surface area (Å²) in [6, 6.07) is 0. The lowest BCUT2D eigenvalue weighted by atomic mass is 9.88. The van der Waals surface area contributed by atoms with Crippen LogP contribution in [0, 0.1) is 0 Å². The van der Waals surface area contributed by atoms with E-state index in [0.717, 1.165) is 44.7 Å². The molecule has 0 N–H and O–H groups in total. The molecule has 1 aromatic rings. The molecule has 1 atom stereocenters. The maximum absolute atomic E-state index is 11.6. The molecular weight excluding hydrogens is 308 g/mol. The Hall–Kier alpha value is -1.44. The van der Waals surface area contributed by atoms with E-state index >= 15 is 0 Å². The van der Waals surface area contributed by atoms with Gasteiger partial charge in [-0.2, -0.15) is 0 Å². The zero-order chi connectivity index (χ0) is 17.2. The van der Waals surface area contributed by atoms with Gasteiger partial charge in [-0.15, -0.1) is 0 Å². The average molecular weight is 336 g/mol. The summed E-state index contributed by atoms with van der Waals surface area (Å²) in [6.07, 6.45) is 6.78. The van der Waals surface area contributed by atoms with Gasteiger partial charge in [0.1, 0.15) is 12.4 Å². The first-order valence-corrected chi connectivity index (χ1v) is 8.62. The van der Waals surface area contributed by atoms with E-state index in [0.29, 0.717) is 6.61 Å². The largest absolute Gasteiger partial charge is 0.372 e. The van der Waals surface area contributed by atoms with E-state index in [4.69, 9.17) is 9.47 Å². The van der Waals surface area contributed by atoms with Crippen LogP contribution in [0.4, 0.5) is 0 Å². The zero-order valence-electron chi connectivity index (χ0n) is 14.9. The molecule has 1 amide bonds. The summed E-state index contributed by atoms with van der Waals surface area (Å²) >= 11 is 0. The number of aryl methyl sites for hydroxylation is 1. The molecule has 0 unspecified atom stereocenters. The van der Waals surface area contributed by atoms with Gasteiger partial charge in [0, 0.05) is 53.0 Å². The summed E-state index contributed by atoms with van der Waals surface area (Å²) in [6.45, 7) is 3.64. The molecule has 2 saturated heterocycles. The Morgan fingerprint density at radius 3 is 2.83 bits per heavy atom. The number of amides is 1. The van der Waals surface area contributed by atoms with Crippen LogP contribution in [-0.4, -0.2) is 77.4 Å². The van der Waals surface area contributed by atoms with E-state index in [9.17, 15) is 4.79 Å². The van der Waals surface area contributed by atoms with Crippen LogP contribution in [0.25, 0.3) is 0 Å². The van der Waals surface area contributed by atoms with Gasteiger partial charge in [0.15, 0.2) is 0 Å². The van der Waals surface area contributed by atoms with E-state index < -0.39 is 0 Å². The molecule has 1 spiro atoms. The molecule has 1 aromatic heterocycles. The molecule has 134 valence electrons. The van der Waals surface area contributed by atoms with Gasteiger partial charge in [-0.3, -0.25) is 9.69 Å². The van der Waals surface area contributed by atoms with Gasteiger partial charge < -0.3 is 18.9 Å². The molecule has 3 heterocycles. The number of piperidine rings is 1. The second kappa shape index (κ2) is 7.21. The molecule has 0 radical (unpaired) electrons. The number of ether oxygens (including phenoxy) is 2. The Labute approximate surface area is 143 Å². The Kier molecular flexibility index (Phi) is 5.22. The van der Waals surface area contributed by atoms with Gasteiger partial charge in [0.25, 0.3) is 0 Å². The molecule has 2 aliphatic heterocycles. The Morgan fingerprint density at radius 2 is 2.21 bits per heavy atom. The van der Waals surface area contributed by atoms with Crippen molar-refractivity contribution in [2.45, 2.75) is 37.5 Å². The predicted molar refractivity (Wildman–Crippen MR) is 89.5 cm³/mol. The van der Waals surface area contributed by atoms with E-state index in [-0.39, 0.29) is 24.2 Å². The molecule has 3 rings (SSSR count). The number of imidazole rings is 1. The zero-order valence-corrected chi connectivity index (χ0v) is 14.9. The molecule has 2 fully saturated rings. The van der Waals surface area contributed by atoms with Crippen molar-refractivity contribution in [1.82, 2.24) is 19.4 Å². The van der Waals surface area contributed by atoms with Crippen molar-refractivity contribution in [3.05, 3.63) is 18.2 Å². The highest BCUT2D eigenvalue weighted by Gasteiger charge is 2.43. The molecule has 7 heteroatoms. The van der Waals surface area contributed by atoms with Crippen molar-refractivity contribution >= 4 is 5.91 Å². The highest BCUT2D eigenvalue weighted by Crippen LogP contribution is 2.37. The highest BCUT2D eigenvalue weighted by atomic mass is 16.6. The predicted octanol–water partition coefficient (Wildman–Crippen LogP) is 0.648. The SMILES string of the molecule is CN(C)C(=O)CO[C@H]1COC2(CCN(Cc3nccn3C)CC2)C1. The number of nitrogens with zero attached hydrogens (tertiary/aromatic N) is 4. The lowest BCUT2D eigenvalue weighted by molar-refractivity contribution is -0.135. The van der Waals surface area contributed by atoms with Crippen molar-refractivity contribution in [2.24, 2.45) is 7.05 Å². The van der Waals surface area contributed by atoms with Crippen LogP contribution in [-0.2, 0) is 27.9 Å². The number of likely N-dealkylation sites (N-methyl/N-ethyl adjacent to an activating group) is 1. The molecule has 0 aromatic carbocycles. The van der Waals surface area contributed by atoms with Gasteiger partial charge in [-0.1, -0.05) is 0 Å². The average Bonchev–Trinajstić information content (AvgIpc) is 3.14. The number of aromatic nitrogens is 2. The second-order valence-corrected chi connectivity index (χ2v) is 7.15. The monoisotopic (exact) mass is 336 g/mol. The quantitative estimate of drug-likeness (QED) is 0.790. The minimum atomic E-state index is -0.0655. The van der Waals surface area contributed by atoms with Gasteiger partial charge in [0.2, 0.25) is 5.91 Å². The first kappa shape index (κ1) is 17.4. The smallest absolute Gasteiger partial charge is 0.248 e. The van der Waals surface area contributed by atoms with Crippen LogP contribution in [0.3, 0.4) is 0 Å². The van der Waals surface area contributed by atoms with Crippen LogP contribution in [0.5, 0.6) is 0 Å². The second-order valence-electron chi connectivity index (χ2n) is 7.15. The Morgan fingerprint density at radius 1 is 1.46 bits per heavy atom. The topological polar surface area (TPSA) is 59.8 Å². The number of carbonyl (C=O) groups excluding carboxylic acids is 1. The Bertz CT molecular complexity index is 564. The third kappa shape index (κ3) is 3.96. The van der Waals surface area contributed by atoms with Gasteiger partial charge in [-0.05, 0) is 12.8 Å². The molecule has 2 aliphatic rings. The van der Waals surface area contributed by atoms with Crippen molar-refractivity contribution < 1.29 is 14.3 Å². The third-order valence-corrected chi connectivity index (χ3v) is 5.17. The van der Waals surface area contributed by atoms with Crippen LogP contribution in [0.15, 0.2) is 12.4 Å². The van der Waals surface area contributed by atoms with E-state index in [1.54, 1.807) is 19.0 Å². The number of hydrogen-bond acceptors (Lipinski definition) is 5. The number of carbonyl (C=O) groups is 1. The van der Waals surface area contributed by atoms with Crippen molar-refractivity contribution in [3.8, 4) is 0 Å². The molecule has 0 saturated carbocycles. The molecule has 24 heavy (non-hydrogen) atoms. The Balaban J connectivity index is 1.44. The fourth-order valence-electron chi connectivity index (χ4n) is 3.44. The fourth-order valence-corrected chi connectivity index (χ4v) is 3.44. The van der Waals surface area contributed by atoms with Crippen molar-refractivity contribution in [2.75, 3.05) is 40.4 Å².